The molecule has 1 heterocycles. The number of nitrogens with one attached hydrogen (secondary N) is 3. The van der Waals surface area contributed by atoms with Gasteiger partial charge < -0.3 is 26.1 Å². The Labute approximate surface area is 162 Å². The van der Waals surface area contributed by atoms with Crippen molar-refractivity contribution in [1.82, 2.24) is 15.6 Å². The van der Waals surface area contributed by atoms with Gasteiger partial charge in [0.25, 0.3) is 0 Å². The van der Waals surface area contributed by atoms with Crippen molar-refractivity contribution in [3.8, 4) is 0 Å². The van der Waals surface area contributed by atoms with Gasteiger partial charge in [-0.15, -0.1) is 0 Å². The van der Waals surface area contributed by atoms with Gasteiger partial charge in [-0.1, -0.05) is 13.8 Å². The van der Waals surface area contributed by atoms with E-state index in [1.165, 1.54) is 19.2 Å². The van der Waals surface area contributed by atoms with Gasteiger partial charge in [-0.3, -0.25) is 9.59 Å². The lowest BCUT2D eigenvalue weighted by Gasteiger charge is -2.18. The second-order valence-corrected chi connectivity index (χ2v) is 6.84. The fraction of sp³-hybridized carbons (Fsp3) is 0.421. The normalized spacial score (nSPS) is 13.2. The number of aromatic amines is 1. The molecule has 28 heavy (non-hydrogen) atoms. The van der Waals surface area contributed by atoms with E-state index in [2.05, 4.69) is 15.6 Å². The molecule has 9 heteroatoms. The Morgan fingerprint density at radius 1 is 1.29 bits per heavy atom. The van der Waals surface area contributed by atoms with E-state index in [-0.39, 0.29) is 24.7 Å². The minimum atomic E-state index is -0.961. The number of fused-ring (bicyclic) bond motifs is 1. The third kappa shape index (κ3) is 5.29. The maximum atomic E-state index is 13.3. The van der Waals surface area contributed by atoms with E-state index < -0.39 is 29.9 Å². The average molecular weight is 392 g/mol. The van der Waals surface area contributed by atoms with E-state index in [1.54, 1.807) is 26.1 Å². The van der Waals surface area contributed by atoms with Gasteiger partial charge in [0.2, 0.25) is 11.8 Å². The summed E-state index contributed by atoms with van der Waals surface area (Å²) in [6.45, 7) is 3.28. The van der Waals surface area contributed by atoms with Crippen molar-refractivity contribution in [2.75, 3.05) is 13.7 Å². The molecule has 2 rings (SSSR count). The molecule has 8 nitrogen and oxygen atoms in total. The number of carbonyl (C=O) groups is 3. The van der Waals surface area contributed by atoms with Gasteiger partial charge in [0.05, 0.1) is 19.7 Å². The molecule has 5 N–H and O–H groups in total. The van der Waals surface area contributed by atoms with Crippen molar-refractivity contribution in [2.45, 2.75) is 32.4 Å². The third-order valence-corrected chi connectivity index (χ3v) is 4.42. The Bertz CT molecular complexity index is 865. The lowest BCUT2D eigenvalue weighted by Crippen LogP contribution is -2.50. The average Bonchev–Trinajstić information content (AvgIpc) is 3.05. The zero-order valence-corrected chi connectivity index (χ0v) is 16.0. The van der Waals surface area contributed by atoms with Crippen molar-refractivity contribution < 1.29 is 23.5 Å². The van der Waals surface area contributed by atoms with Gasteiger partial charge in [-0.2, -0.15) is 0 Å². The highest BCUT2D eigenvalue weighted by molar-refractivity contribution is 5.90. The van der Waals surface area contributed by atoms with Gasteiger partial charge in [0, 0.05) is 23.5 Å². The van der Waals surface area contributed by atoms with Crippen LogP contribution in [-0.2, 0) is 25.5 Å². The number of methoxy groups -OCH3 is 1. The Balaban J connectivity index is 2.04. The van der Waals surface area contributed by atoms with E-state index in [9.17, 15) is 18.8 Å². The molecule has 0 aliphatic heterocycles. The molecule has 1 unspecified atom stereocenters. The first-order valence-corrected chi connectivity index (χ1v) is 8.89. The number of H-pyrrole nitrogens is 1. The molecule has 0 saturated heterocycles. The molecule has 2 aromatic rings. The van der Waals surface area contributed by atoms with Crippen LogP contribution in [0.4, 0.5) is 4.39 Å². The topological polar surface area (TPSA) is 126 Å². The van der Waals surface area contributed by atoms with Crippen LogP contribution in [0.1, 0.15) is 19.4 Å². The Morgan fingerprint density at radius 2 is 2.00 bits per heavy atom. The molecule has 152 valence electrons. The number of halogens is 1. The number of aromatic nitrogens is 1. The van der Waals surface area contributed by atoms with E-state index in [1.807, 2.05) is 0 Å². The molecule has 1 aromatic carbocycles. The molecule has 0 aliphatic carbocycles. The van der Waals surface area contributed by atoms with Crippen molar-refractivity contribution in [1.29, 1.82) is 0 Å². The number of carbonyl (C=O) groups excluding carboxylic acids is 3. The highest BCUT2D eigenvalue weighted by Gasteiger charge is 2.24. The summed E-state index contributed by atoms with van der Waals surface area (Å²) in [7, 11) is 1.22. The highest BCUT2D eigenvalue weighted by atomic mass is 19.1. The number of amides is 2. The molecule has 0 spiro atoms. The van der Waals surface area contributed by atoms with Crippen LogP contribution in [0.3, 0.4) is 0 Å². The molecule has 0 bridgehead atoms. The van der Waals surface area contributed by atoms with Crippen LogP contribution in [0.15, 0.2) is 24.4 Å². The number of benzene rings is 1. The number of hydrogen-bond acceptors (Lipinski definition) is 5. The largest absolute Gasteiger partial charge is 0.467 e. The Hall–Kier alpha value is -2.94. The first kappa shape index (κ1) is 21.4. The molecule has 0 fully saturated rings. The van der Waals surface area contributed by atoms with E-state index in [0.717, 1.165) is 10.9 Å². The lowest BCUT2D eigenvalue weighted by atomic mass is 10.0. The number of nitrogens with two attached hydrogens (primary N) is 1. The predicted molar refractivity (Wildman–Crippen MR) is 102 cm³/mol. The van der Waals surface area contributed by atoms with Crippen LogP contribution in [0.25, 0.3) is 10.9 Å². The second-order valence-electron chi connectivity index (χ2n) is 6.84. The molecule has 2 atom stereocenters. The minimum Gasteiger partial charge on any atom is -0.467 e. The molecule has 0 aliphatic rings. The predicted octanol–water partition coefficient (Wildman–Crippen LogP) is 0.607. The number of esters is 1. The first-order chi connectivity index (χ1) is 13.2. The maximum absolute atomic E-state index is 13.3. The van der Waals surface area contributed by atoms with Gasteiger partial charge >= 0.3 is 5.97 Å². The summed E-state index contributed by atoms with van der Waals surface area (Å²) in [5, 5.41) is 5.73. The zero-order chi connectivity index (χ0) is 20.8. The quantitative estimate of drug-likeness (QED) is 0.490. The van der Waals surface area contributed by atoms with Crippen molar-refractivity contribution in [2.24, 2.45) is 11.7 Å². The third-order valence-electron chi connectivity index (χ3n) is 4.42. The van der Waals surface area contributed by atoms with Crippen LogP contribution in [0.2, 0.25) is 0 Å². The molecular formula is C19H25FN4O4. The van der Waals surface area contributed by atoms with Crippen LogP contribution < -0.4 is 16.4 Å². The number of rotatable bonds is 8. The minimum absolute atomic E-state index is 0.0717. The van der Waals surface area contributed by atoms with Crippen LogP contribution >= 0.6 is 0 Å². The van der Waals surface area contributed by atoms with Crippen molar-refractivity contribution in [3.63, 3.8) is 0 Å². The summed E-state index contributed by atoms with van der Waals surface area (Å²) in [6.07, 6.45) is 1.79. The molecule has 0 saturated carbocycles. The number of ether oxygens (including phenoxy) is 1. The van der Waals surface area contributed by atoms with Crippen LogP contribution in [-0.4, -0.2) is 48.5 Å². The van der Waals surface area contributed by atoms with Crippen molar-refractivity contribution in [3.05, 3.63) is 35.8 Å². The monoisotopic (exact) mass is 392 g/mol. The smallest absolute Gasteiger partial charge is 0.328 e. The highest BCUT2D eigenvalue weighted by Crippen LogP contribution is 2.20. The zero-order valence-electron chi connectivity index (χ0n) is 16.0. The fourth-order valence-electron chi connectivity index (χ4n) is 2.72. The summed E-state index contributed by atoms with van der Waals surface area (Å²) in [5.74, 6) is -2.08. The van der Waals surface area contributed by atoms with Gasteiger partial charge in [0.1, 0.15) is 11.9 Å². The standard InChI is InChI=1S/C19H25FN4O4/c1-10(2)17(21)18(26)23-9-16(25)24-15(19(27)28-3)6-11-8-22-14-7-12(20)4-5-13(11)14/h4-5,7-8,10,15,17,22H,6,9,21H2,1-3H3,(H,23,26)(H,24,25)/t15?,17-/m0/s1. The van der Waals surface area contributed by atoms with E-state index in [4.69, 9.17) is 10.5 Å². The SMILES string of the molecule is COC(=O)C(Cc1c[nH]c2cc(F)ccc12)NC(=O)CNC(=O)[C@@H](N)C(C)C. The molecule has 2 amide bonds. The summed E-state index contributed by atoms with van der Waals surface area (Å²) in [6, 6.07) is 2.57. The van der Waals surface area contributed by atoms with E-state index in [0.29, 0.717) is 5.52 Å². The van der Waals surface area contributed by atoms with Crippen LogP contribution in [0, 0.1) is 11.7 Å². The summed E-state index contributed by atoms with van der Waals surface area (Å²) < 4.78 is 18.1. The molecule has 0 radical (unpaired) electrons. The van der Waals surface area contributed by atoms with E-state index >= 15 is 0 Å². The van der Waals surface area contributed by atoms with Gasteiger partial charge in [-0.25, -0.2) is 9.18 Å². The van der Waals surface area contributed by atoms with Gasteiger partial charge in [-0.05, 0) is 29.7 Å². The lowest BCUT2D eigenvalue weighted by molar-refractivity contribution is -0.145. The summed E-state index contributed by atoms with van der Waals surface area (Å²) in [4.78, 5) is 39.0. The Morgan fingerprint density at radius 3 is 2.64 bits per heavy atom. The number of hydrogen-bond donors (Lipinski definition) is 4. The first-order valence-electron chi connectivity index (χ1n) is 8.89. The van der Waals surface area contributed by atoms with Crippen LogP contribution in [0.5, 0.6) is 0 Å². The fourth-order valence-corrected chi connectivity index (χ4v) is 2.72. The van der Waals surface area contributed by atoms with Crippen molar-refractivity contribution >= 4 is 28.7 Å². The maximum Gasteiger partial charge on any atom is 0.328 e. The summed E-state index contributed by atoms with van der Waals surface area (Å²) >= 11 is 0. The van der Waals surface area contributed by atoms with Gasteiger partial charge in [0.15, 0.2) is 0 Å². The Kier molecular flexibility index (Phi) is 7.11. The second kappa shape index (κ2) is 9.32. The molecular weight excluding hydrogens is 367 g/mol. The summed E-state index contributed by atoms with van der Waals surface area (Å²) in [5.41, 5.74) is 7.03. The molecule has 1 aromatic heterocycles.